The van der Waals surface area contributed by atoms with Crippen molar-refractivity contribution < 1.29 is 4.79 Å². The maximum atomic E-state index is 11.7. The Balaban J connectivity index is 2.01. The first-order valence-electron chi connectivity index (χ1n) is 5.47. The molecule has 2 heterocycles. The molecule has 0 radical (unpaired) electrons. The Bertz CT molecular complexity index is 577. The molecular formula is C12H14N4OS. The van der Waals surface area contributed by atoms with Gasteiger partial charge in [-0.15, -0.1) is 11.3 Å². The lowest BCUT2D eigenvalue weighted by Gasteiger charge is -1.96. The molecule has 0 atom stereocenters. The molecule has 0 aromatic carbocycles. The molecule has 1 N–H and O–H groups in total. The van der Waals surface area contributed by atoms with Crippen LogP contribution in [0.4, 0.5) is 5.13 Å². The van der Waals surface area contributed by atoms with Crippen molar-refractivity contribution in [2.45, 2.75) is 13.8 Å². The third-order valence-corrected chi connectivity index (χ3v) is 3.51. The second-order valence-corrected chi connectivity index (χ2v) is 5.07. The third kappa shape index (κ3) is 2.84. The van der Waals surface area contributed by atoms with Crippen molar-refractivity contribution in [2.24, 2.45) is 7.05 Å². The summed E-state index contributed by atoms with van der Waals surface area (Å²) in [7, 11) is 1.82. The highest BCUT2D eigenvalue weighted by atomic mass is 32.1. The van der Waals surface area contributed by atoms with Crippen molar-refractivity contribution in [3.8, 4) is 0 Å². The molecule has 94 valence electrons. The van der Waals surface area contributed by atoms with Gasteiger partial charge in [0.05, 0.1) is 11.4 Å². The van der Waals surface area contributed by atoms with Crippen LogP contribution in [0, 0.1) is 13.8 Å². The minimum atomic E-state index is -0.190. The number of nitrogens with one attached hydrogen (secondary N) is 1. The zero-order chi connectivity index (χ0) is 13.1. The number of aryl methyl sites for hydroxylation is 3. The van der Waals surface area contributed by atoms with E-state index in [1.807, 2.05) is 27.0 Å². The first kappa shape index (κ1) is 12.5. The molecule has 0 aliphatic heterocycles. The fourth-order valence-electron chi connectivity index (χ4n) is 1.38. The van der Waals surface area contributed by atoms with E-state index >= 15 is 0 Å². The van der Waals surface area contributed by atoms with Gasteiger partial charge in [0, 0.05) is 24.2 Å². The molecule has 2 rings (SSSR count). The molecule has 5 nitrogen and oxygen atoms in total. The number of amides is 1. The van der Waals surface area contributed by atoms with Gasteiger partial charge in [0.15, 0.2) is 5.13 Å². The van der Waals surface area contributed by atoms with Crippen LogP contribution in [-0.4, -0.2) is 20.7 Å². The molecule has 0 unspecified atom stereocenters. The first-order chi connectivity index (χ1) is 8.56. The van der Waals surface area contributed by atoms with E-state index in [0.29, 0.717) is 5.13 Å². The van der Waals surface area contributed by atoms with Crippen LogP contribution >= 0.6 is 11.3 Å². The summed E-state index contributed by atoms with van der Waals surface area (Å²) in [6.07, 6.45) is 4.88. The Morgan fingerprint density at radius 3 is 2.83 bits per heavy atom. The SMILES string of the molecule is Cc1nc(NC(=O)/C=C/c2ccnn2C)sc1C. The van der Waals surface area contributed by atoms with E-state index in [2.05, 4.69) is 15.4 Å². The summed E-state index contributed by atoms with van der Waals surface area (Å²) >= 11 is 1.47. The van der Waals surface area contributed by atoms with Gasteiger partial charge in [-0.25, -0.2) is 4.98 Å². The first-order valence-corrected chi connectivity index (χ1v) is 6.29. The molecule has 2 aromatic heterocycles. The number of thiazole rings is 1. The number of nitrogens with zero attached hydrogens (tertiary/aromatic N) is 3. The van der Waals surface area contributed by atoms with Crippen molar-refractivity contribution in [3.63, 3.8) is 0 Å². The van der Waals surface area contributed by atoms with Gasteiger partial charge >= 0.3 is 0 Å². The summed E-state index contributed by atoms with van der Waals surface area (Å²) in [6, 6.07) is 1.83. The lowest BCUT2D eigenvalue weighted by Crippen LogP contribution is -2.07. The second kappa shape index (κ2) is 5.14. The Labute approximate surface area is 109 Å². The molecule has 0 spiro atoms. The summed E-state index contributed by atoms with van der Waals surface area (Å²) < 4.78 is 1.70. The van der Waals surface area contributed by atoms with Gasteiger partial charge < -0.3 is 0 Å². The maximum absolute atomic E-state index is 11.7. The van der Waals surface area contributed by atoms with Crippen LogP contribution in [-0.2, 0) is 11.8 Å². The van der Waals surface area contributed by atoms with Gasteiger partial charge in [0.25, 0.3) is 0 Å². The van der Waals surface area contributed by atoms with Gasteiger partial charge in [-0.2, -0.15) is 5.10 Å². The van der Waals surface area contributed by atoms with Crippen molar-refractivity contribution in [1.82, 2.24) is 14.8 Å². The number of carbonyl (C=O) groups excluding carboxylic acids is 1. The minimum Gasteiger partial charge on any atom is -0.298 e. The van der Waals surface area contributed by atoms with Gasteiger partial charge in [-0.3, -0.25) is 14.8 Å². The van der Waals surface area contributed by atoms with Crippen LogP contribution in [0.25, 0.3) is 6.08 Å². The smallest absolute Gasteiger partial charge is 0.250 e. The summed E-state index contributed by atoms with van der Waals surface area (Å²) in [6.45, 7) is 3.90. The minimum absolute atomic E-state index is 0.190. The van der Waals surface area contributed by atoms with Crippen LogP contribution in [0.5, 0.6) is 0 Å². The predicted molar refractivity (Wildman–Crippen MR) is 72.5 cm³/mol. The monoisotopic (exact) mass is 262 g/mol. The molecular weight excluding hydrogens is 248 g/mol. The van der Waals surface area contributed by atoms with E-state index in [1.54, 1.807) is 17.0 Å². The van der Waals surface area contributed by atoms with Crippen molar-refractivity contribution >= 4 is 28.5 Å². The van der Waals surface area contributed by atoms with Crippen molar-refractivity contribution in [1.29, 1.82) is 0 Å². The Morgan fingerprint density at radius 2 is 2.28 bits per heavy atom. The van der Waals surface area contributed by atoms with E-state index in [-0.39, 0.29) is 5.91 Å². The Kier molecular flexibility index (Phi) is 3.57. The number of anilines is 1. The molecule has 0 aliphatic rings. The fourth-order valence-corrected chi connectivity index (χ4v) is 2.20. The van der Waals surface area contributed by atoms with Gasteiger partial charge in [0.1, 0.15) is 0 Å². The molecule has 2 aromatic rings. The van der Waals surface area contributed by atoms with Crippen LogP contribution in [0.1, 0.15) is 16.3 Å². The summed E-state index contributed by atoms with van der Waals surface area (Å²) in [4.78, 5) is 17.0. The van der Waals surface area contributed by atoms with Crippen LogP contribution in [0.3, 0.4) is 0 Å². The lowest BCUT2D eigenvalue weighted by atomic mass is 10.3. The van der Waals surface area contributed by atoms with Crippen molar-refractivity contribution in [2.75, 3.05) is 5.32 Å². The maximum Gasteiger partial charge on any atom is 0.250 e. The van der Waals surface area contributed by atoms with Gasteiger partial charge in [0.2, 0.25) is 5.91 Å². The number of rotatable bonds is 3. The summed E-state index contributed by atoms with van der Waals surface area (Å²) in [5, 5.41) is 7.38. The largest absolute Gasteiger partial charge is 0.298 e. The van der Waals surface area contributed by atoms with E-state index in [9.17, 15) is 4.79 Å². The summed E-state index contributed by atoms with van der Waals surface area (Å²) in [5.74, 6) is -0.190. The topological polar surface area (TPSA) is 59.8 Å². The van der Waals surface area contributed by atoms with Crippen LogP contribution in [0.2, 0.25) is 0 Å². The lowest BCUT2D eigenvalue weighted by molar-refractivity contribution is -0.111. The molecule has 0 fully saturated rings. The molecule has 1 amide bonds. The fraction of sp³-hybridized carbons (Fsp3) is 0.250. The Morgan fingerprint density at radius 1 is 1.50 bits per heavy atom. The zero-order valence-electron chi connectivity index (χ0n) is 10.5. The zero-order valence-corrected chi connectivity index (χ0v) is 11.3. The van der Waals surface area contributed by atoms with E-state index in [4.69, 9.17) is 0 Å². The molecule has 18 heavy (non-hydrogen) atoms. The van der Waals surface area contributed by atoms with Gasteiger partial charge in [-0.1, -0.05) is 0 Å². The number of carbonyl (C=O) groups is 1. The number of hydrogen-bond acceptors (Lipinski definition) is 4. The van der Waals surface area contributed by atoms with Crippen molar-refractivity contribution in [3.05, 3.63) is 34.6 Å². The molecule has 0 bridgehead atoms. The molecule has 6 heteroatoms. The highest BCUT2D eigenvalue weighted by Crippen LogP contribution is 2.20. The normalized spacial score (nSPS) is 11.1. The average Bonchev–Trinajstić information content (AvgIpc) is 2.84. The average molecular weight is 262 g/mol. The van der Waals surface area contributed by atoms with Gasteiger partial charge in [-0.05, 0) is 26.0 Å². The summed E-state index contributed by atoms with van der Waals surface area (Å²) in [5.41, 5.74) is 1.82. The third-order valence-electron chi connectivity index (χ3n) is 2.52. The number of hydrogen-bond donors (Lipinski definition) is 1. The van der Waals surface area contributed by atoms with E-state index in [0.717, 1.165) is 16.3 Å². The highest BCUT2D eigenvalue weighted by molar-refractivity contribution is 7.15. The predicted octanol–water partition coefficient (Wildman–Crippen LogP) is 2.15. The Hall–Kier alpha value is -1.95. The highest BCUT2D eigenvalue weighted by Gasteiger charge is 2.05. The standard InChI is InChI=1S/C12H14N4OS/c1-8-9(2)18-12(14-8)15-11(17)5-4-10-6-7-13-16(10)3/h4-7H,1-3H3,(H,14,15,17)/b5-4+. The van der Waals surface area contributed by atoms with E-state index < -0.39 is 0 Å². The van der Waals surface area contributed by atoms with E-state index in [1.165, 1.54) is 17.4 Å². The molecule has 0 saturated heterocycles. The molecule has 0 aliphatic carbocycles. The second-order valence-electron chi connectivity index (χ2n) is 3.86. The number of aromatic nitrogens is 3. The van der Waals surface area contributed by atoms with Crippen LogP contribution < -0.4 is 5.32 Å². The quantitative estimate of drug-likeness (QED) is 0.862. The molecule has 0 saturated carbocycles. The van der Waals surface area contributed by atoms with Crippen LogP contribution in [0.15, 0.2) is 18.3 Å².